The van der Waals surface area contributed by atoms with Gasteiger partial charge in [-0.3, -0.25) is 9.59 Å². The normalized spacial score (nSPS) is 8.55. The summed E-state index contributed by atoms with van der Waals surface area (Å²) >= 11 is 0. The zero-order valence-electron chi connectivity index (χ0n) is 18.9. The van der Waals surface area contributed by atoms with Gasteiger partial charge in [0.1, 0.15) is 36.7 Å². The minimum atomic E-state index is 0. The van der Waals surface area contributed by atoms with Gasteiger partial charge in [-0.25, -0.2) is 0 Å². The summed E-state index contributed by atoms with van der Waals surface area (Å²) in [5.74, 6) is 0.711. The van der Waals surface area contributed by atoms with Crippen molar-refractivity contribution in [1.82, 2.24) is 0 Å². The van der Waals surface area contributed by atoms with Crippen molar-refractivity contribution < 1.29 is 38.1 Å². The summed E-state index contributed by atoms with van der Waals surface area (Å²) in [7, 11) is 3.17. The molecule has 0 heterocycles. The molecule has 0 aromatic rings. The van der Waals surface area contributed by atoms with Crippen LogP contribution in [-0.4, -0.2) is 64.2 Å². The zero-order valence-corrected chi connectivity index (χ0v) is 18.9. The Morgan fingerprint density at radius 1 is 0.586 bits per heavy atom. The van der Waals surface area contributed by atoms with Gasteiger partial charge in [-0.2, -0.15) is 0 Å². The van der Waals surface area contributed by atoms with Gasteiger partial charge in [0.15, 0.2) is 0 Å². The highest BCUT2D eigenvalue weighted by Gasteiger charge is 1.95. The minimum Gasteiger partial charge on any atom is -0.359 e. The molecule has 0 rings (SSSR count). The maximum atomic E-state index is 10.5. The molecule has 0 spiro atoms. The van der Waals surface area contributed by atoms with Crippen molar-refractivity contribution in [2.24, 2.45) is 0 Å². The number of rotatable bonds is 12. The van der Waals surface area contributed by atoms with E-state index in [1.54, 1.807) is 28.1 Å². The fourth-order valence-electron chi connectivity index (χ4n) is 0.726. The first-order chi connectivity index (χ1) is 13.1. The summed E-state index contributed by atoms with van der Waals surface area (Å²) in [6.45, 7) is 11.2. The Kier molecular flexibility index (Phi) is 44.8. The third-order valence-corrected chi connectivity index (χ3v) is 2.60. The monoisotopic (exact) mass is 424 g/mol. The summed E-state index contributed by atoms with van der Waals surface area (Å²) in [4.78, 5) is 40.5. The number of carbonyl (C=O) groups is 4. The van der Waals surface area contributed by atoms with Gasteiger partial charge < -0.3 is 28.5 Å². The third-order valence-electron chi connectivity index (χ3n) is 2.60. The van der Waals surface area contributed by atoms with E-state index >= 15 is 0 Å². The summed E-state index contributed by atoms with van der Waals surface area (Å²) in [5, 5.41) is 0. The van der Waals surface area contributed by atoms with E-state index in [1.165, 1.54) is 13.8 Å². The molecule has 0 fully saturated rings. The molecule has 0 unspecified atom stereocenters. The molecule has 8 heteroatoms. The fourth-order valence-corrected chi connectivity index (χ4v) is 0.726. The molecule has 0 radical (unpaired) electrons. The van der Waals surface area contributed by atoms with Crippen LogP contribution in [-0.2, 0) is 38.1 Å². The molecule has 0 aromatic carbocycles. The van der Waals surface area contributed by atoms with Gasteiger partial charge in [-0.05, 0) is 27.7 Å². The molecule has 0 bridgehead atoms. The highest BCUT2D eigenvalue weighted by atomic mass is 16.7. The molecule has 0 aliphatic carbocycles. The predicted octanol–water partition coefficient (Wildman–Crippen LogP) is 3.78. The number of ketones is 4. The number of hydrogen-bond donors (Lipinski definition) is 0. The van der Waals surface area contributed by atoms with Gasteiger partial charge in [-0.15, -0.1) is 0 Å². The average Bonchev–Trinajstić information content (AvgIpc) is 2.62. The predicted molar refractivity (Wildman–Crippen MR) is 115 cm³/mol. The third kappa shape index (κ3) is 75.6. The Morgan fingerprint density at radius 3 is 1.00 bits per heavy atom. The smallest absolute Gasteiger partial charge is 0.146 e. The topological polar surface area (TPSA) is 105 Å². The van der Waals surface area contributed by atoms with E-state index in [1.807, 2.05) is 13.8 Å². The molecule has 0 aromatic heterocycles. The standard InChI is InChI=1S/C9H16O4.2C4H8O.C3H8O2.CH4/c1-8(10)3-5-12-7-13-6-4-9(2)11;2*1-3-4(2)5;1-4-3-5-2;/h3-7H2,1-2H3;3*3H2,1-2H3;1H4. The summed E-state index contributed by atoms with van der Waals surface area (Å²) in [5.41, 5.74) is 0. The van der Waals surface area contributed by atoms with Gasteiger partial charge >= 0.3 is 0 Å². The number of Topliss-reactive ketones (excluding diaryl/α,β-unsaturated/α-hetero) is 4. The molecule has 0 amide bonds. The van der Waals surface area contributed by atoms with Gasteiger partial charge in [-0.1, -0.05) is 21.3 Å². The first-order valence-corrected chi connectivity index (χ1v) is 9.19. The first-order valence-electron chi connectivity index (χ1n) is 9.19. The number of ether oxygens (including phenoxy) is 4. The SMILES string of the molecule is C.CC(=O)CCOCOCCC(C)=O.CCC(C)=O.CCC(C)=O.COCOC. The molecule has 0 atom stereocenters. The number of hydrogen-bond acceptors (Lipinski definition) is 8. The van der Waals surface area contributed by atoms with Gasteiger partial charge in [0.05, 0.1) is 13.2 Å². The van der Waals surface area contributed by atoms with Crippen LogP contribution in [0.1, 0.15) is 74.7 Å². The molecule has 0 aliphatic rings. The summed E-state index contributed by atoms with van der Waals surface area (Å²) < 4.78 is 18.9. The zero-order chi connectivity index (χ0) is 22.8. The van der Waals surface area contributed by atoms with Gasteiger partial charge in [0.25, 0.3) is 0 Å². The molecule has 0 saturated heterocycles. The highest BCUT2D eigenvalue weighted by molar-refractivity contribution is 5.76. The molecule has 0 N–H and O–H groups in total. The lowest BCUT2D eigenvalue weighted by atomic mass is 10.3. The molecule has 29 heavy (non-hydrogen) atoms. The molecular formula is C21H44O8. The van der Waals surface area contributed by atoms with Gasteiger partial charge in [0.2, 0.25) is 0 Å². The maximum absolute atomic E-state index is 10.5. The highest BCUT2D eigenvalue weighted by Crippen LogP contribution is 1.88. The second-order valence-electron chi connectivity index (χ2n) is 5.64. The second kappa shape index (κ2) is 34.1. The van der Waals surface area contributed by atoms with Crippen LogP contribution in [0.5, 0.6) is 0 Å². The summed E-state index contributed by atoms with van der Waals surface area (Å²) in [6.07, 6.45) is 2.16. The molecule has 0 saturated carbocycles. The molecule has 176 valence electrons. The van der Waals surface area contributed by atoms with E-state index in [0.29, 0.717) is 45.7 Å². The van der Waals surface area contributed by atoms with E-state index < -0.39 is 0 Å². The van der Waals surface area contributed by atoms with Crippen LogP contribution in [0.2, 0.25) is 0 Å². The van der Waals surface area contributed by atoms with Crippen LogP contribution in [0.3, 0.4) is 0 Å². The second-order valence-corrected chi connectivity index (χ2v) is 5.64. The summed E-state index contributed by atoms with van der Waals surface area (Å²) in [6, 6.07) is 0. The van der Waals surface area contributed by atoms with Crippen LogP contribution in [0.4, 0.5) is 0 Å². The first kappa shape index (κ1) is 38.2. The Balaban J connectivity index is -0.0000001000. The number of carbonyl (C=O) groups excluding carboxylic acids is 4. The fraction of sp³-hybridized carbons (Fsp3) is 0.810. The lowest BCUT2D eigenvalue weighted by Crippen LogP contribution is -2.07. The van der Waals surface area contributed by atoms with Crippen molar-refractivity contribution in [1.29, 1.82) is 0 Å². The number of methoxy groups -OCH3 is 2. The van der Waals surface area contributed by atoms with E-state index in [0.717, 1.165) is 0 Å². The van der Waals surface area contributed by atoms with E-state index in [4.69, 9.17) is 9.47 Å². The largest absolute Gasteiger partial charge is 0.359 e. The maximum Gasteiger partial charge on any atom is 0.146 e. The van der Waals surface area contributed by atoms with E-state index in [-0.39, 0.29) is 37.4 Å². The van der Waals surface area contributed by atoms with Crippen LogP contribution in [0.15, 0.2) is 0 Å². The lowest BCUT2D eigenvalue weighted by molar-refractivity contribution is -0.121. The van der Waals surface area contributed by atoms with E-state index in [9.17, 15) is 19.2 Å². The van der Waals surface area contributed by atoms with Crippen molar-refractivity contribution in [3.63, 3.8) is 0 Å². The van der Waals surface area contributed by atoms with Crippen LogP contribution in [0, 0.1) is 0 Å². The van der Waals surface area contributed by atoms with Crippen molar-refractivity contribution in [3.8, 4) is 0 Å². The van der Waals surface area contributed by atoms with Gasteiger partial charge in [0, 0.05) is 39.9 Å². The quantitative estimate of drug-likeness (QED) is 0.344. The Bertz CT molecular complexity index is 347. The van der Waals surface area contributed by atoms with Crippen molar-refractivity contribution in [2.75, 3.05) is 41.0 Å². The van der Waals surface area contributed by atoms with Crippen LogP contribution in [0.25, 0.3) is 0 Å². The Morgan fingerprint density at radius 2 is 0.862 bits per heavy atom. The van der Waals surface area contributed by atoms with E-state index in [2.05, 4.69) is 9.47 Å². The lowest BCUT2D eigenvalue weighted by Gasteiger charge is -2.03. The Hall–Kier alpha value is -1.48. The molecular weight excluding hydrogens is 380 g/mol. The Labute approximate surface area is 177 Å². The van der Waals surface area contributed by atoms with Crippen molar-refractivity contribution in [3.05, 3.63) is 0 Å². The van der Waals surface area contributed by atoms with Crippen molar-refractivity contribution >= 4 is 23.1 Å². The molecule has 8 nitrogen and oxygen atoms in total. The molecule has 0 aliphatic heterocycles. The van der Waals surface area contributed by atoms with Crippen LogP contribution >= 0.6 is 0 Å². The minimum absolute atomic E-state index is 0. The van der Waals surface area contributed by atoms with Crippen molar-refractivity contribution in [2.45, 2.75) is 74.7 Å². The average molecular weight is 425 g/mol. The van der Waals surface area contributed by atoms with Crippen LogP contribution < -0.4 is 0 Å².